The normalized spacial score (nSPS) is 11.4. The van der Waals surface area contributed by atoms with Gasteiger partial charge in [-0.05, 0) is 48.5 Å². The number of nitrogen functional groups attached to an aromatic ring is 1. The number of para-hydroxylation sites is 1. The highest BCUT2D eigenvalue weighted by Gasteiger charge is 2.17. The fourth-order valence-electron chi connectivity index (χ4n) is 2.86. The molecular weight excluding hydrogens is 376 g/mol. The van der Waals surface area contributed by atoms with Crippen LogP contribution < -0.4 is 10.5 Å². The molecule has 0 unspecified atom stereocenters. The predicted molar refractivity (Wildman–Crippen MR) is 108 cm³/mol. The van der Waals surface area contributed by atoms with Crippen molar-refractivity contribution in [3.05, 3.63) is 84.4 Å². The maximum absolute atomic E-state index is 12.8. The highest BCUT2D eigenvalue weighted by molar-refractivity contribution is 7.92. The average Bonchev–Trinajstić information content (AvgIpc) is 3.05. The van der Waals surface area contributed by atoms with E-state index in [0.717, 1.165) is 0 Å². The Kier molecular flexibility index (Phi) is 4.32. The van der Waals surface area contributed by atoms with Gasteiger partial charge >= 0.3 is 0 Å². The molecule has 0 bridgehead atoms. The molecule has 0 aliphatic rings. The number of benzene rings is 3. The predicted octanol–water partition coefficient (Wildman–Crippen LogP) is 3.11. The van der Waals surface area contributed by atoms with Gasteiger partial charge in [-0.25, -0.2) is 8.42 Å². The van der Waals surface area contributed by atoms with Crippen molar-refractivity contribution in [1.29, 1.82) is 0 Å². The van der Waals surface area contributed by atoms with Crippen molar-refractivity contribution in [2.24, 2.45) is 0 Å². The molecule has 140 valence electrons. The van der Waals surface area contributed by atoms with Gasteiger partial charge in [0.1, 0.15) is 0 Å². The second kappa shape index (κ2) is 6.82. The molecule has 1 heterocycles. The van der Waals surface area contributed by atoms with Crippen LogP contribution in [0.15, 0.2) is 83.8 Å². The number of nitrogens with one attached hydrogen (secondary N) is 1. The van der Waals surface area contributed by atoms with Crippen molar-refractivity contribution in [3.63, 3.8) is 0 Å². The molecule has 8 heteroatoms. The van der Waals surface area contributed by atoms with Gasteiger partial charge < -0.3 is 5.73 Å². The van der Waals surface area contributed by atoms with Crippen molar-refractivity contribution in [3.8, 4) is 0 Å². The van der Waals surface area contributed by atoms with Gasteiger partial charge in [-0.2, -0.15) is 4.68 Å². The molecule has 4 rings (SSSR count). The van der Waals surface area contributed by atoms with Crippen LogP contribution in [0.5, 0.6) is 0 Å². The molecule has 0 fully saturated rings. The van der Waals surface area contributed by atoms with E-state index in [9.17, 15) is 13.2 Å². The van der Waals surface area contributed by atoms with Crippen molar-refractivity contribution in [2.75, 3.05) is 10.5 Å². The lowest BCUT2D eigenvalue weighted by Crippen LogP contribution is -2.15. The zero-order chi connectivity index (χ0) is 19.7. The summed E-state index contributed by atoms with van der Waals surface area (Å²) in [5.74, 6) is -0.0819. The van der Waals surface area contributed by atoms with Gasteiger partial charge in [0.2, 0.25) is 0 Å². The highest BCUT2D eigenvalue weighted by Crippen LogP contribution is 2.22. The van der Waals surface area contributed by atoms with Crippen molar-refractivity contribution in [2.45, 2.75) is 4.90 Å². The number of rotatable bonds is 4. The average molecular weight is 392 g/mol. The van der Waals surface area contributed by atoms with E-state index in [1.54, 1.807) is 36.4 Å². The van der Waals surface area contributed by atoms with Crippen LogP contribution in [0.2, 0.25) is 0 Å². The zero-order valence-corrected chi connectivity index (χ0v) is 15.4. The van der Waals surface area contributed by atoms with E-state index in [1.165, 1.54) is 41.1 Å². The minimum Gasteiger partial charge on any atom is -0.382 e. The van der Waals surface area contributed by atoms with Gasteiger partial charge in [0.25, 0.3) is 15.9 Å². The molecule has 4 aromatic rings. The Labute approximate surface area is 161 Å². The summed E-state index contributed by atoms with van der Waals surface area (Å²) in [6, 6.07) is 21.4. The zero-order valence-electron chi connectivity index (χ0n) is 14.6. The molecule has 3 aromatic carbocycles. The summed E-state index contributed by atoms with van der Waals surface area (Å²) < 4.78 is 28.5. The third-order valence-corrected chi connectivity index (χ3v) is 5.64. The minimum absolute atomic E-state index is 0.161. The fraction of sp³-hybridized carbons (Fsp3) is 0. The lowest BCUT2D eigenvalue weighted by molar-refractivity contribution is 0.0951. The first-order chi connectivity index (χ1) is 13.5. The first-order valence-electron chi connectivity index (χ1n) is 8.41. The summed E-state index contributed by atoms with van der Waals surface area (Å²) in [7, 11) is -3.69. The monoisotopic (exact) mass is 392 g/mol. The molecule has 28 heavy (non-hydrogen) atoms. The number of carbonyl (C=O) groups excluding carboxylic acids is 1. The van der Waals surface area contributed by atoms with Crippen LogP contribution in [0.3, 0.4) is 0 Å². The van der Waals surface area contributed by atoms with Crippen LogP contribution in [-0.4, -0.2) is 24.1 Å². The molecule has 1 aromatic heterocycles. The summed E-state index contributed by atoms with van der Waals surface area (Å²) in [5.41, 5.74) is 7.20. The summed E-state index contributed by atoms with van der Waals surface area (Å²) in [5, 5.41) is 4.82. The van der Waals surface area contributed by atoms with Gasteiger partial charge in [0.15, 0.2) is 5.82 Å². The number of carbonyl (C=O) groups is 1. The lowest BCUT2D eigenvalue weighted by Gasteiger charge is -2.09. The summed E-state index contributed by atoms with van der Waals surface area (Å²) >= 11 is 0. The van der Waals surface area contributed by atoms with Gasteiger partial charge in [-0.1, -0.05) is 30.3 Å². The Balaban J connectivity index is 1.60. The lowest BCUT2D eigenvalue weighted by atomic mass is 10.2. The molecule has 0 aliphatic heterocycles. The molecular formula is C20H16N4O3S. The second-order valence-electron chi connectivity index (χ2n) is 6.12. The molecule has 0 radical (unpaired) electrons. The maximum atomic E-state index is 12.8. The molecule has 7 nitrogen and oxygen atoms in total. The standard InChI is InChI=1S/C20H16N4O3S/c21-19-17-8-4-5-9-18(17)24(22-19)20(25)14-10-12-15(13-11-14)23-28(26,27)16-6-2-1-3-7-16/h1-13,23H,(H2,21,22). The minimum atomic E-state index is -3.69. The van der Waals surface area contributed by atoms with Gasteiger partial charge in [0, 0.05) is 16.6 Å². The van der Waals surface area contributed by atoms with Crippen LogP contribution in [0.25, 0.3) is 10.9 Å². The number of nitrogens with two attached hydrogens (primary N) is 1. The van der Waals surface area contributed by atoms with Gasteiger partial charge in [-0.3, -0.25) is 9.52 Å². The number of fused-ring (bicyclic) bond motifs is 1. The van der Waals surface area contributed by atoms with Gasteiger partial charge in [-0.15, -0.1) is 5.10 Å². The Hall–Kier alpha value is -3.65. The van der Waals surface area contributed by atoms with E-state index in [-0.39, 0.29) is 16.6 Å². The van der Waals surface area contributed by atoms with Crippen LogP contribution in [0, 0.1) is 0 Å². The third-order valence-electron chi connectivity index (χ3n) is 4.25. The van der Waals surface area contributed by atoms with E-state index in [4.69, 9.17) is 5.73 Å². The molecule has 3 N–H and O–H groups in total. The summed E-state index contributed by atoms with van der Waals surface area (Å²) in [6.07, 6.45) is 0. The van der Waals surface area contributed by atoms with E-state index in [1.807, 2.05) is 6.07 Å². The number of hydrogen-bond donors (Lipinski definition) is 2. The summed E-state index contributed by atoms with van der Waals surface area (Å²) in [6.45, 7) is 0. The van der Waals surface area contributed by atoms with Crippen molar-refractivity contribution >= 4 is 38.3 Å². The third kappa shape index (κ3) is 3.21. The van der Waals surface area contributed by atoms with Crippen molar-refractivity contribution < 1.29 is 13.2 Å². The highest BCUT2D eigenvalue weighted by atomic mass is 32.2. The molecule has 0 aliphatic carbocycles. The number of nitrogens with zero attached hydrogens (tertiary/aromatic N) is 2. The SMILES string of the molecule is Nc1nn(C(=O)c2ccc(NS(=O)(=O)c3ccccc3)cc2)c2ccccc12. The van der Waals surface area contributed by atoms with Gasteiger partial charge in [0.05, 0.1) is 10.4 Å². The van der Waals surface area contributed by atoms with Crippen LogP contribution in [-0.2, 0) is 10.0 Å². The quantitative estimate of drug-likeness (QED) is 0.555. The first kappa shape index (κ1) is 17.7. The Morgan fingerprint density at radius 2 is 1.54 bits per heavy atom. The van der Waals surface area contributed by atoms with E-state index >= 15 is 0 Å². The van der Waals surface area contributed by atoms with E-state index in [0.29, 0.717) is 22.2 Å². The number of aromatic nitrogens is 2. The molecule has 0 saturated heterocycles. The number of sulfonamides is 1. The Bertz CT molecular complexity index is 1260. The van der Waals surface area contributed by atoms with E-state index in [2.05, 4.69) is 9.82 Å². The molecule has 0 atom stereocenters. The summed E-state index contributed by atoms with van der Waals surface area (Å²) in [4.78, 5) is 13.0. The Morgan fingerprint density at radius 3 is 2.25 bits per heavy atom. The topological polar surface area (TPSA) is 107 Å². The molecule has 0 saturated carbocycles. The second-order valence-corrected chi connectivity index (χ2v) is 7.80. The number of anilines is 2. The maximum Gasteiger partial charge on any atom is 0.278 e. The fourth-order valence-corrected chi connectivity index (χ4v) is 3.94. The smallest absolute Gasteiger partial charge is 0.278 e. The molecule has 0 spiro atoms. The number of hydrogen-bond acceptors (Lipinski definition) is 5. The van der Waals surface area contributed by atoms with Crippen molar-refractivity contribution in [1.82, 2.24) is 9.78 Å². The molecule has 0 amide bonds. The first-order valence-corrected chi connectivity index (χ1v) is 9.90. The largest absolute Gasteiger partial charge is 0.382 e. The van der Waals surface area contributed by atoms with Crippen LogP contribution in [0.1, 0.15) is 10.4 Å². The van der Waals surface area contributed by atoms with E-state index < -0.39 is 10.0 Å². The Morgan fingerprint density at radius 1 is 0.893 bits per heavy atom. The van der Waals surface area contributed by atoms with Crippen LogP contribution >= 0.6 is 0 Å². The van der Waals surface area contributed by atoms with Crippen LogP contribution in [0.4, 0.5) is 11.5 Å².